The molecule has 0 atom stereocenters. The smallest absolute Gasteiger partial charge is 0.308 e. The van der Waals surface area contributed by atoms with Gasteiger partial charge in [-0.1, -0.05) is 52.0 Å². The van der Waals surface area contributed by atoms with Crippen LogP contribution in [0.1, 0.15) is 55.0 Å². The van der Waals surface area contributed by atoms with Gasteiger partial charge in [-0.05, 0) is 11.5 Å². The summed E-state index contributed by atoms with van der Waals surface area (Å²) in [7, 11) is 0. The van der Waals surface area contributed by atoms with E-state index in [9.17, 15) is 4.79 Å². The fourth-order valence-corrected chi connectivity index (χ4v) is 3.21. The molecular weight excluding hydrogens is 282 g/mol. The topological polar surface area (TPSA) is 50.2 Å². The fraction of sp³-hybridized carbons (Fsp3) is 0.412. The second-order valence-corrected chi connectivity index (χ2v) is 6.94. The molecule has 1 N–H and O–H groups in total. The number of nitrogens with zero attached hydrogens (tertiary/aromatic N) is 1. The Labute approximate surface area is 129 Å². The van der Waals surface area contributed by atoms with Gasteiger partial charge in [-0.2, -0.15) is 0 Å². The molecule has 1 aromatic heterocycles. The lowest BCUT2D eigenvalue weighted by atomic mass is 10.0. The van der Waals surface area contributed by atoms with Crippen molar-refractivity contribution in [2.75, 3.05) is 0 Å². The van der Waals surface area contributed by atoms with Crippen molar-refractivity contribution >= 4 is 17.3 Å². The van der Waals surface area contributed by atoms with Crippen LogP contribution in [0.2, 0.25) is 0 Å². The molecule has 0 spiro atoms. The number of carbonyl (C=O) groups is 1. The first kappa shape index (κ1) is 15.7. The van der Waals surface area contributed by atoms with E-state index < -0.39 is 5.97 Å². The molecule has 0 radical (unpaired) electrons. The molecule has 1 heterocycles. The van der Waals surface area contributed by atoms with E-state index in [0.717, 1.165) is 21.1 Å². The maximum atomic E-state index is 11.1. The number of thiazole rings is 1. The van der Waals surface area contributed by atoms with E-state index in [1.165, 1.54) is 16.9 Å². The van der Waals surface area contributed by atoms with E-state index in [0.29, 0.717) is 11.8 Å². The van der Waals surface area contributed by atoms with E-state index >= 15 is 0 Å². The molecule has 21 heavy (non-hydrogen) atoms. The van der Waals surface area contributed by atoms with Crippen molar-refractivity contribution in [2.24, 2.45) is 0 Å². The normalized spacial score (nSPS) is 11.3. The number of carboxylic acid groups (broad SMARTS) is 1. The number of aromatic nitrogens is 1. The zero-order valence-corrected chi connectivity index (χ0v) is 13.7. The van der Waals surface area contributed by atoms with Gasteiger partial charge in [0.1, 0.15) is 0 Å². The summed E-state index contributed by atoms with van der Waals surface area (Å²) in [4.78, 5) is 16.6. The lowest BCUT2D eigenvalue weighted by molar-refractivity contribution is -0.136. The Morgan fingerprint density at radius 1 is 1.14 bits per heavy atom. The fourth-order valence-electron chi connectivity index (χ4n) is 2.13. The van der Waals surface area contributed by atoms with Crippen molar-refractivity contribution in [1.29, 1.82) is 0 Å². The van der Waals surface area contributed by atoms with Gasteiger partial charge in [0.2, 0.25) is 0 Å². The molecule has 0 fully saturated rings. The second-order valence-electron chi connectivity index (χ2n) is 5.83. The molecule has 0 unspecified atom stereocenters. The van der Waals surface area contributed by atoms with Crippen LogP contribution in [0.15, 0.2) is 24.3 Å². The molecule has 0 aliphatic heterocycles. The first-order valence-corrected chi connectivity index (χ1v) is 8.01. The van der Waals surface area contributed by atoms with Gasteiger partial charge < -0.3 is 5.11 Å². The van der Waals surface area contributed by atoms with Crippen LogP contribution in [0, 0.1) is 0 Å². The Morgan fingerprint density at radius 2 is 1.76 bits per heavy atom. The molecule has 0 bridgehead atoms. The molecule has 2 rings (SSSR count). The summed E-state index contributed by atoms with van der Waals surface area (Å²) in [5.74, 6) is -0.0144. The highest BCUT2D eigenvalue weighted by molar-refractivity contribution is 7.12. The predicted molar refractivity (Wildman–Crippen MR) is 87.1 cm³/mol. The van der Waals surface area contributed by atoms with Crippen LogP contribution in [0.5, 0.6) is 0 Å². The molecule has 4 heteroatoms. The van der Waals surface area contributed by atoms with E-state index in [2.05, 4.69) is 44.8 Å². The summed E-state index contributed by atoms with van der Waals surface area (Å²) >= 11 is 1.51. The highest BCUT2D eigenvalue weighted by Gasteiger charge is 2.17. The Morgan fingerprint density at radius 3 is 2.24 bits per heavy atom. The van der Waals surface area contributed by atoms with Gasteiger partial charge in [0.05, 0.1) is 17.1 Å². The third kappa shape index (κ3) is 3.70. The number of hydrogen-bond acceptors (Lipinski definition) is 3. The SMILES string of the molecule is CC(C)c1ccc(-c2nc(C(C)C)sc2CC(=O)O)cc1. The van der Waals surface area contributed by atoms with Crippen molar-refractivity contribution in [3.05, 3.63) is 39.7 Å². The third-order valence-corrected chi connectivity index (χ3v) is 4.73. The summed E-state index contributed by atoms with van der Waals surface area (Å²) < 4.78 is 0. The molecule has 2 aromatic rings. The summed E-state index contributed by atoms with van der Waals surface area (Å²) in [6.45, 7) is 8.47. The van der Waals surface area contributed by atoms with E-state index in [1.54, 1.807) is 0 Å². The van der Waals surface area contributed by atoms with Crippen LogP contribution in [0.4, 0.5) is 0 Å². The van der Waals surface area contributed by atoms with Crippen LogP contribution >= 0.6 is 11.3 Å². The average Bonchev–Trinajstić information content (AvgIpc) is 2.82. The quantitative estimate of drug-likeness (QED) is 0.872. The van der Waals surface area contributed by atoms with E-state index in [4.69, 9.17) is 5.11 Å². The van der Waals surface area contributed by atoms with Crippen LogP contribution in [-0.4, -0.2) is 16.1 Å². The standard InChI is InChI=1S/C17H21NO2S/c1-10(2)12-5-7-13(8-6-12)16-14(9-15(19)20)21-17(18-16)11(3)4/h5-8,10-11H,9H2,1-4H3,(H,19,20). The van der Waals surface area contributed by atoms with Crippen molar-refractivity contribution in [3.63, 3.8) is 0 Å². The minimum atomic E-state index is -0.811. The van der Waals surface area contributed by atoms with Gasteiger partial charge in [-0.25, -0.2) is 4.98 Å². The molecule has 0 saturated heterocycles. The van der Waals surface area contributed by atoms with Crippen LogP contribution in [0.3, 0.4) is 0 Å². The molecule has 1 aromatic carbocycles. The lowest BCUT2D eigenvalue weighted by Gasteiger charge is -2.06. The van der Waals surface area contributed by atoms with Gasteiger partial charge in [-0.3, -0.25) is 4.79 Å². The number of rotatable bonds is 5. The van der Waals surface area contributed by atoms with Crippen molar-refractivity contribution in [2.45, 2.75) is 46.0 Å². The lowest BCUT2D eigenvalue weighted by Crippen LogP contribution is -1.99. The maximum Gasteiger partial charge on any atom is 0.308 e. The van der Waals surface area contributed by atoms with E-state index in [1.807, 2.05) is 12.1 Å². The van der Waals surface area contributed by atoms with E-state index in [-0.39, 0.29) is 6.42 Å². The summed E-state index contributed by atoms with van der Waals surface area (Å²) in [5.41, 5.74) is 3.10. The monoisotopic (exact) mass is 303 g/mol. The zero-order chi connectivity index (χ0) is 15.6. The summed E-state index contributed by atoms with van der Waals surface area (Å²) in [5, 5.41) is 10.1. The zero-order valence-electron chi connectivity index (χ0n) is 12.9. The molecule has 0 aliphatic carbocycles. The molecule has 3 nitrogen and oxygen atoms in total. The van der Waals surface area contributed by atoms with Crippen LogP contribution in [-0.2, 0) is 11.2 Å². The molecule has 0 amide bonds. The largest absolute Gasteiger partial charge is 0.481 e. The third-order valence-electron chi connectivity index (χ3n) is 3.37. The maximum absolute atomic E-state index is 11.1. The van der Waals surface area contributed by atoms with Crippen molar-refractivity contribution in [3.8, 4) is 11.3 Å². The Balaban J connectivity index is 2.43. The highest BCUT2D eigenvalue weighted by atomic mass is 32.1. The minimum Gasteiger partial charge on any atom is -0.481 e. The Hall–Kier alpha value is -1.68. The first-order chi connectivity index (χ1) is 9.88. The first-order valence-electron chi connectivity index (χ1n) is 7.20. The molecular formula is C17H21NO2S. The number of carboxylic acids is 1. The number of aliphatic carboxylic acids is 1. The van der Waals surface area contributed by atoms with Gasteiger partial charge in [-0.15, -0.1) is 11.3 Å². The van der Waals surface area contributed by atoms with Gasteiger partial charge >= 0.3 is 5.97 Å². The van der Waals surface area contributed by atoms with Crippen molar-refractivity contribution < 1.29 is 9.90 Å². The molecule has 112 valence electrons. The van der Waals surface area contributed by atoms with Crippen LogP contribution < -0.4 is 0 Å². The minimum absolute atomic E-state index is 0.0334. The van der Waals surface area contributed by atoms with Crippen LogP contribution in [0.25, 0.3) is 11.3 Å². The van der Waals surface area contributed by atoms with Gasteiger partial charge in [0, 0.05) is 16.4 Å². The number of benzene rings is 1. The number of hydrogen-bond donors (Lipinski definition) is 1. The molecule has 0 aliphatic rings. The Kier molecular flexibility index (Phi) is 4.78. The Bertz CT molecular complexity index is 627. The second kappa shape index (κ2) is 6.39. The summed E-state index contributed by atoms with van der Waals surface area (Å²) in [6.07, 6.45) is 0.0334. The average molecular weight is 303 g/mol. The van der Waals surface area contributed by atoms with Gasteiger partial charge in [0.15, 0.2) is 0 Å². The summed E-state index contributed by atoms with van der Waals surface area (Å²) in [6, 6.07) is 8.28. The van der Waals surface area contributed by atoms with Gasteiger partial charge in [0.25, 0.3) is 0 Å². The molecule has 0 saturated carbocycles. The highest BCUT2D eigenvalue weighted by Crippen LogP contribution is 2.32. The van der Waals surface area contributed by atoms with Crippen molar-refractivity contribution in [1.82, 2.24) is 4.98 Å². The predicted octanol–water partition coefficient (Wildman–Crippen LogP) is 4.68.